The molecule has 0 aliphatic heterocycles. The van der Waals surface area contributed by atoms with E-state index in [1.807, 2.05) is 0 Å². The summed E-state index contributed by atoms with van der Waals surface area (Å²) < 4.78 is 25.2. The summed E-state index contributed by atoms with van der Waals surface area (Å²) in [6.07, 6.45) is 0. The first kappa shape index (κ1) is 8.77. The Kier molecular flexibility index (Phi) is 1.92. The molecule has 0 saturated carbocycles. The zero-order valence-electron chi connectivity index (χ0n) is 6.51. The number of benzene rings is 1. The molecule has 0 radical (unpaired) electrons. The van der Waals surface area contributed by atoms with Crippen molar-refractivity contribution in [3.8, 4) is 5.75 Å². The van der Waals surface area contributed by atoms with Gasteiger partial charge in [0.2, 0.25) is 0 Å². The maximum absolute atomic E-state index is 12.6. The fourth-order valence-corrected chi connectivity index (χ4v) is 0.817. The molecule has 0 atom stereocenters. The SMILES string of the molecule is CC(F)(F)c1ccc(N)c(O)c1. The van der Waals surface area contributed by atoms with Crippen LogP contribution in [0.5, 0.6) is 5.75 Å². The molecule has 0 amide bonds. The number of halogens is 2. The van der Waals surface area contributed by atoms with Gasteiger partial charge in [-0.25, -0.2) is 8.78 Å². The fraction of sp³-hybridized carbons (Fsp3) is 0.250. The van der Waals surface area contributed by atoms with Crippen molar-refractivity contribution in [1.29, 1.82) is 0 Å². The van der Waals surface area contributed by atoms with E-state index >= 15 is 0 Å². The van der Waals surface area contributed by atoms with E-state index in [0.717, 1.165) is 13.0 Å². The summed E-state index contributed by atoms with van der Waals surface area (Å²) >= 11 is 0. The van der Waals surface area contributed by atoms with Gasteiger partial charge in [0.1, 0.15) is 5.75 Å². The van der Waals surface area contributed by atoms with Gasteiger partial charge in [0.25, 0.3) is 5.92 Å². The molecule has 4 heteroatoms. The van der Waals surface area contributed by atoms with Crippen molar-refractivity contribution < 1.29 is 13.9 Å². The summed E-state index contributed by atoms with van der Waals surface area (Å²) in [5, 5.41) is 9.01. The second kappa shape index (κ2) is 2.62. The first-order valence-electron chi connectivity index (χ1n) is 3.38. The van der Waals surface area contributed by atoms with Gasteiger partial charge in [-0.3, -0.25) is 0 Å². The van der Waals surface area contributed by atoms with Gasteiger partial charge in [0.15, 0.2) is 0 Å². The summed E-state index contributed by atoms with van der Waals surface area (Å²) in [6, 6.07) is 3.41. The number of aromatic hydroxyl groups is 1. The fourth-order valence-electron chi connectivity index (χ4n) is 0.817. The number of anilines is 1. The number of hydrogen-bond donors (Lipinski definition) is 2. The van der Waals surface area contributed by atoms with Gasteiger partial charge >= 0.3 is 0 Å². The second-order valence-electron chi connectivity index (χ2n) is 2.66. The molecular formula is C8H9F2NO. The molecule has 66 valence electrons. The number of phenols is 1. The Bertz CT molecular complexity index is 294. The highest BCUT2D eigenvalue weighted by Crippen LogP contribution is 2.31. The van der Waals surface area contributed by atoms with Gasteiger partial charge in [-0.05, 0) is 12.1 Å². The normalized spacial score (nSPS) is 11.6. The molecule has 3 N–H and O–H groups in total. The topological polar surface area (TPSA) is 46.2 Å². The van der Waals surface area contributed by atoms with E-state index in [1.165, 1.54) is 12.1 Å². The lowest BCUT2D eigenvalue weighted by molar-refractivity contribution is 0.0173. The lowest BCUT2D eigenvalue weighted by atomic mass is 10.1. The number of phenolic OH excluding ortho intramolecular Hbond substituents is 1. The molecule has 1 aromatic rings. The number of nitrogen functional groups attached to an aromatic ring is 1. The molecule has 2 nitrogen and oxygen atoms in total. The van der Waals surface area contributed by atoms with Crippen molar-refractivity contribution in [2.45, 2.75) is 12.8 Å². The first-order chi connectivity index (χ1) is 5.41. The second-order valence-corrected chi connectivity index (χ2v) is 2.66. The van der Waals surface area contributed by atoms with Gasteiger partial charge in [0.05, 0.1) is 5.69 Å². The van der Waals surface area contributed by atoms with Crippen LogP contribution in [-0.4, -0.2) is 5.11 Å². The Morgan fingerprint density at radius 3 is 2.42 bits per heavy atom. The Hall–Kier alpha value is -1.32. The van der Waals surface area contributed by atoms with Gasteiger partial charge in [-0.1, -0.05) is 6.07 Å². The van der Waals surface area contributed by atoms with Gasteiger partial charge < -0.3 is 10.8 Å². The zero-order valence-corrected chi connectivity index (χ0v) is 6.51. The third-order valence-corrected chi connectivity index (χ3v) is 1.54. The number of alkyl halides is 2. The maximum atomic E-state index is 12.6. The maximum Gasteiger partial charge on any atom is 0.270 e. The summed E-state index contributed by atoms with van der Waals surface area (Å²) in [5.41, 5.74) is 5.10. The first-order valence-corrected chi connectivity index (χ1v) is 3.38. The van der Waals surface area contributed by atoms with Crippen molar-refractivity contribution in [3.63, 3.8) is 0 Å². The standard InChI is InChI=1S/C8H9F2NO/c1-8(9,10)5-2-3-6(11)7(12)4-5/h2-4,12H,11H2,1H3. The zero-order chi connectivity index (χ0) is 9.35. The Morgan fingerprint density at radius 2 is 2.00 bits per heavy atom. The number of rotatable bonds is 1. The van der Waals surface area contributed by atoms with Crippen LogP contribution in [0.2, 0.25) is 0 Å². The van der Waals surface area contributed by atoms with Crippen LogP contribution in [0, 0.1) is 0 Å². The highest BCUT2D eigenvalue weighted by Gasteiger charge is 2.24. The molecule has 0 unspecified atom stereocenters. The minimum absolute atomic E-state index is 0.100. The summed E-state index contributed by atoms with van der Waals surface area (Å²) in [4.78, 5) is 0. The predicted molar refractivity (Wildman–Crippen MR) is 42.1 cm³/mol. The molecule has 0 aliphatic rings. The van der Waals surface area contributed by atoms with E-state index in [4.69, 9.17) is 10.8 Å². The van der Waals surface area contributed by atoms with Crippen LogP contribution in [0.15, 0.2) is 18.2 Å². The third-order valence-electron chi connectivity index (χ3n) is 1.54. The molecule has 0 bridgehead atoms. The smallest absolute Gasteiger partial charge is 0.270 e. The summed E-state index contributed by atoms with van der Waals surface area (Å²) in [7, 11) is 0. The Morgan fingerprint density at radius 1 is 1.42 bits per heavy atom. The van der Waals surface area contributed by atoms with Crippen molar-refractivity contribution >= 4 is 5.69 Å². The van der Waals surface area contributed by atoms with Crippen LogP contribution in [0.4, 0.5) is 14.5 Å². The van der Waals surface area contributed by atoms with Crippen LogP contribution in [-0.2, 0) is 5.92 Å². The van der Waals surface area contributed by atoms with E-state index in [1.54, 1.807) is 0 Å². The average Bonchev–Trinajstić information content (AvgIpc) is 1.92. The highest BCUT2D eigenvalue weighted by molar-refractivity contribution is 5.53. The third kappa shape index (κ3) is 1.64. The predicted octanol–water partition coefficient (Wildman–Crippen LogP) is 2.09. The lowest BCUT2D eigenvalue weighted by Crippen LogP contribution is -2.06. The lowest BCUT2D eigenvalue weighted by Gasteiger charge is -2.10. The van der Waals surface area contributed by atoms with Crippen molar-refractivity contribution in [2.75, 3.05) is 5.73 Å². The van der Waals surface area contributed by atoms with E-state index in [0.29, 0.717) is 0 Å². The molecule has 1 rings (SSSR count). The van der Waals surface area contributed by atoms with Crippen molar-refractivity contribution in [3.05, 3.63) is 23.8 Å². The van der Waals surface area contributed by atoms with Crippen LogP contribution in [0.3, 0.4) is 0 Å². The minimum Gasteiger partial charge on any atom is -0.506 e. The van der Waals surface area contributed by atoms with Crippen LogP contribution >= 0.6 is 0 Å². The number of nitrogens with two attached hydrogens (primary N) is 1. The van der Waals surface area contributed by atoms with E-state index < -0.39 is 5.92 Å². The van der Waals surface area contributed by atoms with E-state index in [-0.39, 0.29) is 17.0 Å². The van der Waals surface area contributed by atoms with Crippen molar-refractivity contribution in [2.24, 2.45) is 0 Å². The van der Waals surface area contributed by atoms with Gasteiger partial charge in [0, 0.05) is 12.5 Å². The van der Waals surface area contributed by atoms with Gasteiger partial charge in [-0.2, -0.15) is 0 Å². The van der Waals surface area contributed by atoms with Crippen molar-refractivity contribution in [1.82, 2.24) is 0 Å². The Labute approximate surface area is 68.6 Å². The van der Waals surface area contributed by atoms with Gasteiger partial charge in [-0.15, -0.1) is 0 Å². The summed E-state index contributed by atoms with van der Waals surface area (Å²) in [6.45, 7) is 0.762. The molecular weight excluding hydrogens is 164 g/mol. The molecule has 1 aromatic carbocycles. The molecule has 0 heterocycles. The summed E-state index contributed by atoms with van der Waals surface area (Å²) in [5.74, 6) is -3.25. The number of hydrogen-bond acceptors (Lipinski definition) is 2. The molecule has 0 fully saturated rings. The molecule has 0 aromatic heterocycles. The quantitative estimate of drug-likeness (QED) is 0.504. The van der Waals surface area contributed by atoms with Crippen LogP contribution < -0.4 is 5.73 Å². The average molecular weight is 173 g/mol. The molecule has 0 saturated heterocycles. The monoisotopic (exact) mass is 173 g/mol. The van der Waals surface area contributed by atoms with Crippen LogP contribution in [0.1, 0.15) is 12.5 Å². The molecule has 0 spiro atoms. The largest absolute Gasteiger partial charge is 0.506 e. The molecule has 0 aliphatic carbocycles. The minimum atomic E-state index is -2.94. The van der Waals surface area contributed by atoms with E-state index in [2.05, 4.69) is 0 Å². The van der Waals surface area contributed by atoms with Crippen LogP contribution in [0.25, 0.3) is 0 Å². The molecule has 12 heavy (non-hydrogen) atoms. The highest BCUT2D eigenvalue weighted by atomic mass is 19.3. The van der Waals surface area contributed by atoms with E-state index in [9.17, 15) is 8.78 Å². The Balaban J connectivity index is 3.14.